The largest absolute Gasteiger partial charge is 0.508 e. The Morgan fingerprint density at radius 1 is 1.38 bits per heavy atom. The van der Waals surface area contributed by atoms with Crippen molar-refractivity contribution in [2.45, 2.75) is 18.9 Å². The Kier molecular flexibility index (Phi) is 3.10. The van der Waals surface area contributed by atoms with Crippen LogP contribution in [0, 0.1) is 0 Å². The molecule has 0 unspecified atom stereocenters. The van der Waals surface area contributed by atoms with Gasteiger partial charge in [0, 0.05) is 24.7 Å². The summed E-state index contributed by atoms with van der Waals surface area (Å²) < 4.78 is 0. The number of hydrogen-bond acceptors (Lipinski definition) is 3. The van der Waals surface area contributed by atoms with Crippen molar-refractivity contribution in [3.05, 3.63) is 29.8 Å². The van der Waals surface area contributed by atoms with Crippen molar-refractivity contribution in [2.24, 2.45) is 5.73 Å². The maximum Gasteiger partial charge on any atom is 0.254 e. The second-order valence-corrected chi connectivity index (χ2v) is 4.07. The maximum absolute atomic E-state index is 12.1. The number of carbonyl (C=O) groups is 1. The van der Waals surface area contributed by atoms with Crippen molar-refractivity contribution in [2.75, 3.05) is 13.1 Å². The van der Waals surface area contributed by atoms with Crippen LogP contribution in [0.25, 0.3) is 0 Å². The highest BCUT2D eigenvalue weighted by Gasteiger charge is 2.32. The van der Waals surface area contributed by atoms with Crippen LogP contribution in [0.15, 0.2) is 24.3 Å². The van der Waals surface area contributed by atoms with Crippen LogP contribution < -0.4 is 5.73 Å². The Morgan fingerprint density at radius 3 is 2.50 bits per heavy atom. The smallest absolute Gasteiger partial charge is 0.254 e. The lowest BCUT2D eigenvalue weighted by atomic mass is 10.2. The van der Waals surface area contributed by atoms with E-state index in [-0.39, 0.29) is 11.7 Å². The molecule has 1 fully saturated rings. The summed E-state index contributed by atoms with van der Waals surface area (Å²) in [5.41, 5.74) is 6.11. The first-order chi connectivity index (χ1) is 7.72. The van der Waals surface area contributed by atoms with E-state index >= 15 is 0 Å². The highest BCUT2D eigenvalue weighted by atomic mass is 16.3. The zero-order valence-corrected chi connectivity index (χ0v) is 9.10. The van der Waals surface area contributed by atoms with E-state index in [0.717, 1.165) is 12.8 Å². The van der Waals surface area contributed by atoms with Gasteiger partial charge in [-0.25, -0.2) is 0 Å². The fourth-order valence-electron chi connectivity index (χ4n) is 1.75. The quantitative estimate of drug-likeness (QED) is 0.794. The summed E-state index contributed by atoms with van der Waals surface area (Å²) in [6.07, 6.45) is 2.15. The molecule has 0 bridgehead atoms. The number of nitrogens with zero attached hydrogens (tertiary/aromatic N) is 1. The number of aromatic hydroxyl groups is 1. The standard InChI is InChI=1S/C12H16N2O2/c13-7-8-14(10-3-4-10)12(16)9-1-5-11(15)6-2-9/h1-2,5-6,10,15H,3-4,7-8,13H2. The van der Waals surface area contributed by atoms with Gasteiger partial charge in [0.05, 0.1) is 0 Å². The van der Waals surface area contributed by atoms with Crippen LogP contribution in [0.1, 0.15) is 23.2 Å². The number of nitrogens with two attached hydrogens (primary N) is 1. The van der Waals surface area contributed by atoms with Crippen LogP contribution in [-0.2, 0) is 0 Å². The monoisotopic (exact) mass is 220 g/mol. The zero-order valence-electron chi connectivity index (χ0n) is 9.10. The lowest BCUT2D eigenvalue weighted by Gasteiger charge is -2.21. The van der Waals surface area contributed by atoms with E-state index in [1.165, 1.54) is 12.1 Å². The van der Waals surface area contributed by atoms with Crippen LogP contribution in [0.5, 0.6) is 5.75 Å². The Bertz CT molecular complexity index is 371. The molecule has 0 aliphatic heterocycles. The van der Waals surface area contributed by atoms with Crippen LogP contribution in [0.2, 0.25) is 0 Å². The molecule has 3 N–H and O–H groups in total. The number of phenols is 1. The molecule has 0 spiro atoms. The normalized spacial score (nSPS) is 14.8. The van der Waals surface area contributed by atoms with E-state index < -0.39 is 0 Å². The molecular weight excluding hydrogens is 204 g/mol. The molecule has 2 rings (SSSR count). The van der Waals surface area contributed by atoms with E-state index in [2.05, 4.69) is 0 Å². The number of rotatable bonds is 4. The van der Waals surface area contributed by atoms with Crippen molar-refractivity contribution < 1.29 is 9.90 Å². The van der Waals surface area contributed by atoms with Crippen LogP contribution in [-0.4, -0.2) is 35.0 Å². The van der Waals surface area contributed by atoms with Gasteiger partial charge in [-0.05, 0) is 37.1 Å². The summed E-state index contributed by atoms with van der Waals surface area (Å²) in [6, 6.07) is 6.71. The van der Waals surface area contributed by atoms with Crippen LogP contribution in [0.4, 0.5) is 0 Å². The van der Waals surface area contributed by atoms with E-state index in [9.17, 15) is 4.79 Å². The molecule has 0 heterocycles. The number of phenolic OH excluding ortho intramolecular Hbond substituents is 1. The number of amides is 1. The van der Waals surface area contributed by atoms with Gasteiger partial charge in [0.15, 0.2) is 0 Å². The third-order valence-electron chi connectivity index (χ3n) is 2.73. The molecule has 4 heteroatoms. The fourth-order valence-corrected chi connectivity index (χ4v) is 1.75. The van der Waals surface area contributed by atoms with Crippen molar-refractivity contribution in [1.29, 1.82) is 0 Å². The summed E-state index contributed by atoms with van der Waals surface area (Å²) >= 11 is 0. The molecule has 1 aromatic carbocycles. The van der Waals surface area contributed by atoms with Crippen molar-refractivity contribution in [1.82, 2.24) is 4.90 Å². The van der Waals surface area contributed by atoms with E-state index in [0.29, 0.717) is 24.7 Å². The first kappa shape index (κ1) is 11.0. The highest BCUT2D eigenvalue weighted by Crippen LogP contribution is 2.28. The molecule has 16 heavy (non-hydrogen) atoms. The molecule has 0 aromatic heterocycles. The first-order valence-electron chi connectivity index (χ1n) is 5.52. The average Bonchev–Trinajstić information content (AvgIpc) is 3.10. The molecule has 0 atom stereocenters. The molecule has 0 radical (unpaired) electrons. The molecule has 1 aromatic rings. The number of benzene rings is 1. The Hall–Kier alpha value is -1.55. The van der Waals surface area contributed by atoms with Gasteiger partial charge < -0.3 is 15.7 Å². The molecular formula is C12H16N2O2. The lowest BCUT2D eigenvalue weighted by Crippen LogP contribution is -2.37. The third-order valence-corrected chi connectivity index (χ3v) is 2.73. The van der Waals surface area contributed by atoms with Gasteiger partial charge in [0.25, 0.3) is 5.91 Å². The number of carbonyl (C=O) groups excluding carboxylic acids is 1. The van der Waals surface area contributed by atoms with Crippen molar-refractivity contribution in [3.63, 3.8) is 0 Å². The summed E-state index contributed by atoms with van der Waals surface area (Å²) in [4.78, 5) is 13.9. The average molecular weight is 220 g/mol. The van der Waals surface area contributed by atoms with Gasteiger partial charge in [0.2, 0.25) is 0 Å². The second-order valence-electron chi connectivity index (χ2n) is 4.07. The van der Waals surface area contributed by atoms with E-state index in [1.54, 1.807) is 12.1 Å². The molecule has 1 aliphatic carbocycles. The molecule has 86 valence electrons. The first-order valence-corrected chi connectivity index (χ1v) is 5.52. The Balaban J connectivity index is 2.12. The third kappa shape index (κ3) is 2.33. The maximum atomic E-state index is 12.1. The number of hydrogen-bond donors (Lipinski definition) is 2. The molecule has 1 saturated carbocycles. The summed E-state index contributed by atoms with van der Waals surface area (Å²) in [5, 5.41) is 9.16. The fraction of sp³-hybridized carbons (Fsp3) is 0.417. The summed E-state index contributed by atoms with van der Waals surface area (Å²) in [5.74, 6) is 0.182. The van der Waals surface area contributed by atoms with Gasteiger partial charge >= 0.3 is 0 Å². The zero-order chi connectivity index (χ0) is 11.5. The topological polar surface area (TPSA) is 66.6 Å². The predicted octanol–water partition coefficient (Wildman–Crippen LogP) is 0.955. The second kappa shape index (κ2) is 4.53. The predicted molar refractivity (Wildman–Crippen MR) is 61.2 cm³/mol. The summed E-state index contributed by atoms with van der Waals surface area (Å²) in [6.45, 7) is 1.09. The van der Waals surface area contributed by atoms with Gasteiger partial charge in [-0.1, -0.05) is 0 Å². The minimum Gasteiger partial charge on any atom is -0.508 e. The van der Waals surface area contributed by atoms with E-state index in [4.69, 9.17) is 10.8 Å². The minimum atomic E-state index is 0.00736. The van der Waals surface area contributed by atoms with Crippen LogP contribution >= 0.6 is 0 Å². The van der Waals surface area contributed by atoms with E-state index in [1.807, 2.05) is 4.90 Å². The lowest BCUT2D eigenvalue weighted by molar-refractivity contribution is 0.0748. The SMILES string of the molecule is NCCN(C(=O)c1ccc(O)cc1)C1CC1. The molecule has 1 amide bonds. The highest BCUT2D eigenvalue weighted by molar-refractivity contribution is 5.94. The Morgan fingerprint density at radius 2 is 2.00 bits per heavy atom. The molecule has 4 nitrogen and oxygen atoms in total. The van der Waals surface area contributed by atoms with Gasteiger partial charge in [-0.3, -0.25) is 4.79 Å². The van der Waals surface area contributed by atoms with Crippen molar-refractivity contribution in [3.8, 4) is 5.75 Å². The van der Waals surface area contributed by atoms with Crippen molar-refractivity contribution >= 4 is 5.91 Å². The van der Waals surface area contributed by atoms with Gasteiger partial charge in [0.1, 0.15) is 5.75 Å². The minimum absolute atomic E-state index is 0.00736. The van der Waals surface area contributed by atoms with Gasteiger partial charge in [-0.2, -0.15) is 0 Å². The Labute approximate surface area is 94.7 Å². The van der Waals surface area contributed by atoms with Gasteiger partial charge in [-0.15, -0.1) is 0 Å². The molecule has 1 aliphatic rings. The molecule has 0 saturated heterocycles. The van der Waals surface area contributed by atoms with Crippen LogP contribution in [0.3, 0.4) is 0 Å². The summed E-state index contributed by atoms with van der Waals surface area (Å²) in [7, 11) is 0.